The standard InChI is InChI=1S/C21H23N5O/c1-25-15-20-24-23-19(12-13-22-17-10-6-3-7-11-17)26(20)18(21(25)27)14-16-8-4-2-5-9-16/h2-11,18,22H,12-15H2,1H3/t18-/m1/s1. The van der Waals surface area contributed by atoms with E-state index in [1.54, 1.807) is 4.90 Å². The van der Waals surface area contributed by atoms with E-state index in [-0.39, 0.29) is 11.9 Å². The van der Waals surface area contributed by atoms with Crippen LogP contribution in [0.3, 0.4) is 0 Å². The highest BCUT2D eigenvalue weighted by Gasteiger charge is 2.34. The fourth-order valence-electron chi connectivity index (χ4n) is 3.54. The molecule has 2 aromatic carbocycles. The molecule has 4 rings (SSSR count). The lowest BCUT2D eigenvalue weighted by molar-refractivity contribution is -0.136. The van der Waals surface area contributed by atoms with Crippen LogP contribution in [0.5, 0.6) is 0 Å². The van der Waals surface area contributed by atoms with Gasteiger partial charge in [-0.15, -0.1) is 10.2 Å². The average molecular weight is 361 g/mol. The van der Waals surface area contributed by atoms with Crippen LogP contribution in [0, 0.1) is 0 Å². The number of nitrogens with zero attached hydrogens (tertiary/aromatic N) is 4. The lowest BCUT2D eigenvalue weighted by Gasteiger charge is -2.31. The van der Waals surface area contributed by atoms with Gasteiger partial charge in [0, 0.05) is 32.1 Å². The Hall–Kier alpha value is -3.15. The molecule has 1 amide bonds. The van der Waals surface area contributed by atoms with Crippen molar-refractivity contribution in [2.45, 2.75) is 25.4 Å². The molecular formula is C21H23N5O. The summed E-state index contributed by atoms with van der Waals surface area (Å²) in [6.45, 7) is 1.24. The smallest absolute Gasteiger partial charge is 0.246 e. The zero-order valence-corrected chi connectivity index (χ0v) is 15.4. The van der Waals surface area contributed by atoms with Crippen molar-refractivity contribution >= 4 is 11.6 Å². The van der Waals surface area contributed by atoms with Crippen molar-refractivity contribution in [2.24, 2.45) is 0 Å². The molecule has 1 atom stereocenters. The first-order valence-electron chi connectivity index (χ1n) is 9.23. The van der Waals surface area contributed by atoms with Gasteiger partial charge in [0.15, 0.2) is 5.82 Å². The molecule has 0 saturated heterocycles. The quantitative estimate of drug-likeness (QED) is 0.733. The second kappa shape index (κ2) is 7.61. The fraction of sp³-hybridized carbons (Fsp3) is 0.286. The van der Waals surface area contributed by atoms with Crippen molar-refractivity contribution in [3.63, 3.8) is 0 Å². The van der Waals surface area contributed by atoms with Crippen LogP contribution in [0.15, 0.2) is 60.7 Å². The van der Waals surface area contributed by atoms with Gasteiger partial charge in [-0.2, -0.15) is 0 Å². The Morgan fingerprint density at radius 2 is 1.74 bits per heavy atom. The van der Waals surface area contributed by atoms with Crippen molar-refractivity contribution in [3.8, 4) is 0 Å². The summed E-state index contributed by atoms with van der Waals surface area (Å²) >= 11 is 0. The molecule has 3 aromatic rings. The van der Waals surface area contributed by atoms with E-state index in [9.17, 15) is 4.79 Å². The van der Waals surface area contributed by atoms with E-state index in [4.69, 9.17) is 0 Å². The van der Waals surface area contributed by atoms with Gasteiger partial charge in [0.25, 0.3) is 0 Å². The van der Waals surface area contributed by atoms with Crippen molar-refractivity contribution in [1.82, 2.24) is 19.7 Å². The maximum atomic E-state index is 12.9. The first-order valence-corrected chi connectivity index (χ1v) is 9.23. The summed E-state index contributed by atoms with van der Waals surface area (Å²) in [6.07, 6.45) is 1.36. The predicted octanol–water partition coefficient (Wildman–Crippen LogP) is 2.69. The minimum atomic E-state index is -0.289. The minimum Gasteiger partial charge on any atom is -0.385 e. The zero-order valence-electron chi connectivity index (χ0n) is 15.4. The van der Waals surface area contributed by atoms with Crippen LogP contribution < -0.4 is 5.32 Å². The summed E-state index contributed by atoms with van der Waals surface area (Å²) in [5.74, 6) is 1.83. The molecule has 1 N–H and O–H groups in total. The number of benzene rings is 2. The number of carbonyl (C=O) groups excluding carboxylic acids is 1. The molecule has 0 unspecified atom stereocenters. The van der Waals surface area contributed by atoms with Crippen LogP contribution in [0.1, 0.15) is 23.3 Å². The normalized spacial score (nSPS) is 16.3. The van der Waals surface area contributed by atoms with Gasteiger partial charge in [0.1, 0.15) is 11.9 Å². The van der Waals surface area contributed by atoms with E-state index in [0.717, 1.165) is 29.4 Å². The number of anilines is 1. The molecule has 6 nitrogen and oxygen atoms in total. The molecule has 0 saturated carbocycles. The summed E-state index contributed by atoms with van der Waals surface area (Å²) in [4.78, 5) is 14.6. The molecule has 2 heterocycles. The molecule has 0 fully saturated rings. The number of para-hydroxylation sites is 1. The van der Waals surface area contributed by atoms with Crippen LogP contribution >= 0.6 is 0 Å². The SMILES string of the molecule is CN1Cc2nnc(CCNc3ccccc3)n2[C@H](Cc2ccccc2)C1=O. The van der Waals surface area contributed by atoms with Gasteiger partial charge < -0.3 is 14.8 Å². The Morgan fingerprint density at radius 1 is 1.04 bits per heavy atom. The molecule has 1 aromatic heterocycles. The van der Waals surface area contributed by atoms with Crippen LogP contribution in [-0.4, -0.2) is 39.2 Å². The number of fused-ring (bicyclic) bond motifs is 1. The Bertz CT molecular complexity index is 907. The first kappa shape index (κ1) is 17.3. The van der Waals surface area contributed by atoms with Crippen molar-refractivity contribution in [3.05, 3.63) is 77.9 Å². The highest BCUT2D eigenvalue weighted by atomic mass is 16.2. The highest BCUT2D eigenvalue weighted by molar-refractivity contribution is 5.81. The van der Waals surface area contributed by atoms with E-state index in [2.05, 4.69) is 27.6 Å². The third kappa shape index (κ3) is 3.69. The third-order valence-corrected chi connectivity index (χ3v) is 4.91. The van der Waals surface area contributed by atoms with E-state index in [1.807, 2.05) is 60.1 Å². The molecule has 0 spiro atoms. The van der Waals surface area contributed by atoms with Crippen LogP contribution in [0.25, 0.3) is 0 Å². The number of hydrogen-bond donors (Lipinski definition) is 1. The summed E-state index contributed by atoms with van der Waals surface area (Å²) in [5.41, 5.74) is 2.21. The first-order chi connectivity index (χ1) is 13.2. The van der Waals surface area contributed by atoms with E-state index < -0.39 is 0 Å². The van der Waals surface area contributed by atoms with Gasteiger partial charge in [0.2, 0.25) is 5.91 Å². The number of likely N-dealkylation sites (N-methyl/N-ethyl adjacent to an activating group) is 1. The highest BCUT2D eigenvalue weighted by Crippen LogP contribution is 2.26. The Balaban J connectivity index is 1.54. The molecular weight excluding hydrogens is 338 g/mol. The zero-order chi connectivity index (χ0) is 18.6. The number of aromatic nitrogens is 3. The van der Waals surface area contributed by atoms with Gasteiger partial charge in [0.05, 0.1) is 6.54 Å². The molecule has 1 aliphatic rings. The fourth-order valence-corrected chi connectivity index (χ4v) is 3.54. The Kier molecular flexibility index (Phi) is 4.87. The van der Waals surface area contributed by atoms with Crippen LogP contribution in [-0.2, 0) is 24.2 Å². The predicted molar refractivity (Wildman–Crippen MR) is 104 cm³/mol. The topological polar surface area (TPSA) is 63.1 Å². The van der Waals surface area contributed by atoms with Gasteiger partial charge in [-0.3, -0.25) is 4.79 Å². The summed E-state index contributed by atoms with van der Waals surface area (Å²) in [6, 6.07) is 19.9. The van der Waals surface area contributed by atoms with E-state index in [0.29, 0.717) is 19.4 Å². The number of carbonyl (C=O) groups is 1. The largest absolute Gasteiger partial charge is 0.385 e. The molecule has 0 radical (unpaired) electrons. The van der Waals surface area contributed by atoms with Crippen LogP contribution in [0.4, 0.5) is 5.69 Å². The lowest BCUT2D eigenvalue weighted by Crippen LogP contribution is -2.42. The van der Waals surface area contributed by atoms with Crippen molar-refractivity contribution in [2.75, 3.05) is 18.9 Å². The summed E-state index contributed by atoms with van der Waals surface area (Å²) < 4.78 is 2.04. The lowest BCUT2D eigenvalue weighted by atomic mass is 10.0. The van der Waals surface area contributed by atoms with Gasteiger partial charge in [-0.25, -0.2) is 0 Å². The molecule has 0 bridgehead atoms. The van der Waals surface area contributed by atoms with Crippen LogP contribution in [0.2, 0.25) is 0 Å². The average Bonchev–Trinajstić information content (AvgIpc) is 3.09. The summed E-state index contributed by atoms with van der Waals surface area (Å²) in [5, 5.41) is 12.1. The molecule has 27 heavy (non-hydrogen) atoms. The molecule has 1 aliphatic heterocycles. The maximum absolute atomic E-state index is 12.9. The second-order valence-electron chi connectivity index (χ2n) is 6.85. The number of hydrogen-bond acceptors (Lipinski definition) is 4. The van der Waals surface area contributed by atoms with Crippen molar-refractivity contribution in [1.29, 1.82) is 0 Å². The minimum absolute atomic E-state index is 0.114. The second-order valence-corrected chi connectivity index (χ2v) is 6.85. The third-order valence-electron chi connectivity index (χ3n) is 4.91. The Labute approximate surface area is 158 Å². The summed E-state index contributed by atoms with van der Waals surface area (Å²) in [7, 11) is 1.83. The molecule has 6 heteroatoms. The Morgan fingerprint density at radius 3 is 2.48 bits per heavy atom. The number of rotatable bonds is 6. The molecule has 0 aliphatic carbocycles. The van der Waals surface area contributed by atoms with Gasteiger partial charge in [-0.05, 0) is 17.7 Å². The number of nitrogens with one attached hydrogen (secondary N) is 1. The van der Waals surface area contributed by atoms with Gasteiger partial charge in [-0.1, -0.05) is 48.5 Å². The van der Waals surface area contributed by atoms with E-state index >= 15 is 0 Å². The number of amides is 1. The van der Waals surface area contributed by atoms with Crippen molar-refractivity contribution < 1.29 is 4.79 Å². The van der Waals surface area contributed by atoms with E-state index in [1.165, 1.54) is 0 Å². The van der Waals surface area contributed by atoms with Gasteiger partial charge >= 0.3 is 0 Å². The maximum Gasteiger partial charge on any atom is 0.246 e. The monoisotopic (exact) mass is 361 g/mol. The molecule has 138 valence electrons.